The van der Waals surface area contributed by atoms with Gasteiger partial charge in [0.2, 0.25) is 0 Å². The van der Waals surface area contributed by atoms with E-state index in [9.17, 15) is 9.90 Å². The van der Waals surface area contributed by atoms with Crippen LogP contribution in [0.1, 0.15) is 37.0 Å². The highest BCUT2D eigenvalue weighted by Crippen LogP contribution is 2.29. The molecule has 1 amide bonds. The van der Waals surface area contributed by atoms with Gasteiger partial charge >= 0.3 is 0 Å². The molecule has 0 aliphatic rings. The standard InChI is InChI=1S/C14H21NO4/c1-4-14(2,8-9-16)15-13(18)10-6-5-7-11(19-3)12(10)17/h5-7,16-17H,4,8-9H2,1-3H3,(H,15,18). The molecule has 19 heavy (non-hydrogen) atoms. The minimum atomic E-state index is -0.499. The average Bonchev–Trinajstić information content (AvgIpc) is 2.39. The highest BCUT2D eigenvalue weighted by atomic mass is 16.5. The number of nitrogens with one attached hydrogen (secondary N) is 1. The molecule has 0 aromatic heterocycles. The normalized spacial score (nSPS) is 13.7. The number of phenolic OH excluding ortho intramolecular Hbond substituents is 1. The van der Waals surface area contributed by atoms with Crippen LogP contribution < -0.4 is 10.1 Å². The van der Waals surface area contributed by atoms with E-state index < -0.39 is 5.54 Å². The lowest BCUT2D eigenvalue weighted by Gasteiger charge is -2.29. The number of carbonyl (C=O) groups excluding carboxylic acids is 1. The smallest absolute Gasteiger partial charge is 0.255 e. The molecule has 0 saturated heterocycles. The first-order chi connectivity index (χ1) is 8.97. The Morgan fingerprint density at radius 1 is 1.47 bits per heavy atom. The SMILES string of the molecule is CCC(C)(CCO)NC(=O)c1cccc(OC)c1O. The molecule has 5 nitrogen and oxygen atoms in total. The summed E-state index contributed by atoms with van der Waals surface area (Å²) in [6.45, 7) is 3.79. The highest BCUT2D eigenvalue weighted by Gasteiger charge is 2.26. The van der Waals surface area contributed by atoms with E-state index in [-0.39, 0.29) is 29.6 Å². The van der Waals surface area contributed by atoms with Gasteiger partial charge in [0.05, 0.1) is 12.7 Å². The van der Waals surface area contributed by atoms with Crippen LogP contribution in [0.3, 0.4) is 0 Å². The fourth-order valence-electron chi connectivity index (χ4n) is 1.79. The maximum absolute atomic E-state index is 12.2. The van der Waals surface area contributed by atoms with Crippen molar-refractivity contribution in [3.8, 4) is 11.5 Å². The lowest BCUT2D eigenvalue weighted by Crippen LogP contribution is -2.46. The van der Waals surface area contributed by atoms with Gasteiger partial charge < -0.3 is 20.3 Å². The van der Waals surface area contributed by atoms with Crippen molar-refractivity contribution >= 4 is 5.91 Å². The van der Waals surface area contributed by atoms with Gasteiger partial charge in [0.1, 0.15) is 0 Å². The summed E-state index contributed by atoms with van der Waals surface area (Å²) in [5.74, 6) is -0.299. The Labute approximate surface area is 113 Å². The van der Waals surface area contributed by atoms with Crippen LogP contribution in [-0.2, 0) is 0 Å². The fraction of sp³-hybridized carbons (Fsp3) is 0.500. The van der Waals surface area contributed by atoms with Crippen LogP contribution in [-0.4, -0.2) is 35.4 Å². The first-order valence-electron chi connectivity index (χ1n) is 6.26. The Bertz CT molecular complexity index is 447. The number of hydrogen-bond acceptors (Lipinski definition) is 4. The van der Waals surface area contributed by atoms with E-state index in [1.54, 1.807) is 12.1 Å². The summed E-state index contributed by atoms with van der Waals surface area (Å²) >= 11 is 0. The summed E-state index contributed by atoms with van der Waals surface area (Å²) in [5, 5.41) is 21.8. The van der Waals surface area contributed by atoms with Gasteiger partial charge in [-0.1, -0.05) is 13.0 Å². The number of aromatic hydroxyl groups is 1. The van der Waals surface area contributed by atoms with Crippen LogP contribution in [0.4, 0.5) is 0 Å². The van der Waals surface area contributed by atoms with Gasteiger partial charge in [0.15, 0.2) is 11.5 Å². The van der Waals surface area contributed by atoms with Crippen LogP contribution in [0.5, 0.6) is 11.5 Å². The van der Waals surface area contributed by atoms with Gasteiger partial charge in [0, 0.05) is 12.1 Å². The van der Waals surface area contributed by atoms with Crippen molar-refractivity contribution in [1.82, 2.24) is 5.32 Å². The number of benzene rings is 1. The number of rotatable bonds is 6. The molecule has 0 bridgehead atoms. The molecule has 0 heterocycles. The minimum absolute atomic E-state index is 0.00525. The lowest BCUT2D eigenvalue weighted by atomic mass is 9.94. The van der Waals surface area contributed by atoms with Crippen LogP contribution in [0.2, 0.25) is 0 Å². The summed E-state index contributed by atoms with van der Waals surface area (Å²) in [6, 6.07) is 4.75. The molecule has 0 fully saturated rings. The van der Waals surface area contributed by atoms with Crippen molar-refractivity contribution in [3.05, 3.63) is 23.8 Å². The van der Waals surface area contributed by atoms with Crippen molar-refractivity contribution in [2.75, 3.05) is 13.7 Å². The molecule has 5 heteroatoms. The predicted octanol–water partition coefficient (Wildman–Crippen LogP) is 1.68. The molecule has 1 atom stereocenters. The second-order valence-electron chi connectivity index (χ2n) is 4.70. The third-order valence-electron chi connectivity index (χ3n) is 3.32. The lowest BCUT2D eigenvalue weighted by molar-refractivity contribution is 0.0883. The third-order valence-corrected chi connectivity index (χ3v) is 3.32. The largest absolute Gasteiger partial charge is 0.504 e. The topological polar surface area (TPSA) is 78.8 Å². The molecular weight excluding hydrogens is 246 g/mol. The van der Waals surface area contributed by atoms with E-state index in [1.165, 1.54) is 13.2 Å². The summed E-state index contributed by atoms with van der Waals surface area (Å²) < 4.78 is 4.97. The Balaban J connectivity index is 2.95. The number of aliphatic hydroxyl groups excluding tert-OH is 1. The highest BCUT2D eigenvalue weighted by molar-refractivity contribution is 5.98. The Morgan fingerprint density at radius 2 is 2.16 bits per heavy atom. The summed E-state index contributed by atoms with van der Waals surface area (Å²) in [7, 11) is 1.43. The molecule has 1 rings (SSSR count). The first-order valence-corrected chi connectivity index (χ1v) is 6.26. The van der Waals surface area contributed by atoms with Gasteiger partial charge in [0.25, 0.3) is 5.91 Å². The van der Waals surface area contributed by atoms with Gasteiger partial charge in [-0.05, 0) is 31.9 Å². The molecule has 3 N–H and O–H groups in total. The number of methoxy groups -OCH3 is 1. The minimum Gasteiger partial charge on any atom is -0.504 e. The van der Waals surface area contributed by atoms with Gasteiger partial charge in [-0.15, -0.1) is 0 Å². The molecule has 0 spiro atoms. The maximum atomic E-state index is 12.2. The van der Waals surface area contributed by atoms with E-state index in [1.807, 2.05) is 13.8 Å². The maximum Gasteiger partial charge on any atom is 0.255 e. The van der Waals surface area contributed by atoms with Gasteiger partial charge in [-0.3, -0.25) is 4.79 Å². The van der Waals surface area contributed by atoms with E-state index in [0.717, 1.165) is 0 Å². The summed E-state index contributed by atoms with van der Waals surface area (Å²) in [5.41, 5.74) is -0.335. The quantitative estimate of drug-likeness (QED) is 0.732. The number of amides is 1. The molecule has 1 aromatic rings. The summed E-state index contributed by atoms with van der Waals surface area (Å²) in [4.78, 5) is 12.2. The molecule has 0 saturated carbocycles. The van der Waals surface area contributed by atoms with E-state index in [4.69, 9.17) is 9.84 Å². The predicted molar refractivity (Wildman–Crippen MR) is 72.5 cm³/mol. The Hall–Kier alpha value is -1.75. The van der Waals surface area contributed by atoms with Crippen LogP contribution in [0.15, 0.2) is 18.2 Å². The number of phenols is 1. The van der Waals surface area contributed by atoms with Crippen LogP contribution in [0, 0.1) is 0 Å². The first kappa shape index (κ1) is 15.3. The zero-order valence-corrected chi connectivity index (χ0v) is 11.6. The van der Waals surface area contributed by atoms with Crippen LogP contribution in [0.25, 0.3) is 0 Å². The van der Waals surface area contributed by atoms with Gasteiger partial charge in [-0.25, -0.2) is 0 Å². The average molecular weight is 267 g/mol. The van der Waals surface area contributed by atoms with E-state index >= 15 is 0 Å². The number of aliphatic hydroxyl groups is 1. The Morgan fingerprint density at radius 3 is 2.68 bits per heavy atom. The van der Waals surface area contributed by atoms with E-state index in [2.05, 4.69) is 5.32 Å². The molecule has 1 aromatic carbocycles. The molecule has 0 aliphatic carbocycles. The van der Waals surface area contributed by atoms with Gasteiger partial charge in [-0.2, -0.15) is 0 Å². The molecular formula is C14H21NO4. The van der Waals surface area contributed by atoms with Crippen molar-refractivity contribution in [2.45, 2.75) is 32.2 Å². The van der Waals surface area contributed by atoms with Crippen molar-refractivity contribution < 1.29 is 19.7 Å². The molecule has 1 unspecified atom stereocenters. The second-order valence-corrected chi connectivity index (χ2v) is 4.70. The van der Waals surface area contributed by atoms with Crippen molar-refractivity contribution in [3.63, 3.8) is 0 Å². The van der Waals surface area contributed by atoms with E-state index in [0.29, 0.717) is 12.8 Å². The number of para-hydroxylation sites is 1. The number of hydrogen-bond donors (Lipinski definition) is 3. The van der Waals surface area contributed by atoms with Crippen LogP contribution >= 0.6 is 0 Å². The number of carbonyl (C=O) groups is 1. The van der Waals surface area contributed by atoms with Crippen molar-refractivity contribution in [2.24, 2.45) is 0 Å². The Kier molecular flexibility index (Phi) is 5.18. The zero-order valence-electron chi connectivity index (χ0n) is 11.6. The monoisotopic (exact) mass is 267 g/mol. The number of ether oxygens (including phenoxy) is 1. The molecule has 0 radical (unpaired) electrons. The summed E-state index contributed by atoms with van der Waals surface area (Å²) in [6.07, 6.45) is 1.14. The zero-order chi connectivity index (χ0) is 14.5. The van der Waals surface area contributed by atoms with Crippen molar-refractivity contribution in [1.29, 1.82) is 0 Å². The second kappa shape index (κ2) is 6.43. The fourth-order valence-corrected chi connectivity index (χ4v) is 1.79. The molecule has 106 valence electrons. The molecule has 0 aliphatic heterocycles. The third kappa shape index (κ3) is 3.61.